The van der Waals surface area contributed by atoms with Crippen molar-refractivity contribution in [1.82, 2.24) is 5.32 Å². The molecule has 0 fully saturated rings. The van der Waals surface area contributed by atoms with Crippen molar-refractivity contribution in [3.05, 3.63) is 64.9 Å². The van der Waals surface area contributed by atoms with Gasteiger partial charge in [0.25, 0.3) is 0 Å². The summed E-state index contributed by atoms with van der Waals surface area (Å²) in [6, 6.07) is 12.4. The molecule has 6 heteroatoms. The van der Waals surface area contributed by atoms with E-state index in [1.165, 1.54) is 0 Å². The molecule has 0 saturated heterocycles. The average Bonchev–Trinajstić information content (AvgIpc) is 2.72. The van der Waals surface area contributed by atoms with Crippen LogP contribution in [0.2, 0.25) is 0 Å². The smallest absolute Gasteiger partial charge is 0.225 e. The predicted octanol–water partition coefficient (Wildman–Crippen LogP) is 3.41. The first kappa shape index (κ1) is 19.1. The van der Waals surface area contributed by atoms with Crippen molar-refractivity contribution >= 4 is 11.7 Å². The van der Waals surface area contributed by atoms with E-state index in [1.54, 1.807) is 38.5 Å². The third-order valence-corrected chi connectivity index (χ3v) is 5.71. The fourth-order valence-corrected chi connectivity index (χ4v) is 4.29. The van der Waals surface area contributed by atoms with Crippen LogP contribution in [0, 0.1) is 0 Å². The molecule has 1 amide bonds. The molecule has 2 aliphatic rings. The molecule has 2 N–H and O–H groups in total. The van der Waals surface area contributed by atoms with Gasteiger partial charge in [-0.15, -0.1) is 0 Å². The zero-order chi connectivity index (χ0) is 20.5. The van der Waals surface area contributed by atoms with Gasteiger partial charge in [0.05, 0.1) is 14.2 Å². The number of allylic oxidation sites excluding steroid dienone is 2. The fourth-order valence-electron chi connectivity index (χ4n) is 4.29. The fraction of sp³-hybridized carbons (Fsp3) is 0.304. The Morgan fingerprint density at radius 3 is 2.28 bits per heavy atom. The molecule has 1 aliphatic heterocycles. The van der Waals surface area contributed by atoms with E-state index in [0.717, 1.165) is 11.1 Å². The van der Waals surface area contributed by atoms with Crippen LogP contribution in [-0.4, -0.2) is 31.0 Å². The largest absolute Gasteiger partial charge is 0.508 e. The first-order chi connectivity index (χ1) is 14.0. The van der Waals surface area contributed by atoms with Crippen LogP contribution in [0.3, 0.4) is 0 Å². The molecule has 0 radical (unpaired) electrons. The quantitative estimate of drug-likeness (QED) is 0.832. The first-order valence-electron chi connectivity index (χ1n) is 9.57. The van der Waals surface area contributed by atoms with E-state index >= 15 is 0 Å². The molecule has 0 spiro atoms. The van der Waals surface area contributed by atoms with Crippen LogP contribution in [0.25, 0.3) is 0 Å². The van der Waals surface area contributed by atoms with Gasteiger partial charge in [0.1, 0.15) is 5.75 Å². The number of hydrogen-bond acceptors (Lipinski definition) is 5. The Morgan fingerprint density at radius 1 is 0.897 bits per heavy atom. The Bertz CT molecular complexity index is 993. The lowest BCUT2D eigenvalue weighted by Gasteiger charge is -2.34. The van der Waals surface area contributed by atoms with E-state index in [0.29, 0.717) is 35.6 Å². The number of rotatable bonds is 4. The number of ketones is 1. The minimum Gasteiger partial charge on any atom is -0.508 e. The number of hydrogen-bond donors (Lipinski definition) is 2. The summed E-state index contributed by atoms with van der Waals surface area (Å²) in [6.45, 7) is 0. The van der Waals surface area contributed by atoms with Crippen LogP contribution in [-0.2, 0) is 9.59 Å². The van der Waals surface area contributed by atoms with Crippen molar-refractivity contribution in [3.63, 3.8) is 0 Å². The number of benzene rings is 2. The van der Waals surface area contributed by atoms with E-state index in [-0.39, 0.29) is 35.7 Å². The van der Waals surface area contributed by atoms with Crippen LogP contribution >= 0.6 is 0 Å². The SMILES string of the molecule is COc1ccc([C@H]2CC(=O)C3=C(C2)NC(=O)C[C@@H]3c2ccc(O)cc2)cc1OC. The zero-order valence-electron chi connectivity index (χ0n) is 16.4. The summed E-state index contributed by atoms with van der Waals surface area (Å²) in [5, 5.41) is 12.5. The number of nitrogens with one attached hydrogen (secondary N) is 1. The van der Waals surface area contributed by atoms with E-state index in [2.05, 4.69) is 5.32 Å². The number of methoxy groups -OCH3 is 2. The highest BCUT2D eigenvalue weighted by Gasteiger charge is 2.38. The van der Waals surface area contributed by atoms with Gasteiger partial charge in [0.15, 0.2) is 17.3 Å². The van der Waals surface area contributed by atoms with E-state index in [9.17, 15) is 14.7 Å². The van der Waals surface area contributed by atoms with Gasteiger partial charge in [-0.3, -0.25) is 9.59 Å². The molecule has 0 bridgehead atoms. The molecule has 2 atom stereocenters. The summed E-state index contributed by atoms with van der Waals surface area (Å²) in [7, 11) is 3.16. The molecule has 2 aromatic rings. The monoisotopic (exact) mass is 393 g/mol. The lowest BCUT2D eigenvalue weighted by Crippen LogP contribution is -2.38. The van der Waals surface area contributed by atoms with Crippen molar-refractivity contribution in [2.75, 3.05) is 14.2 Å². The minimum atomic E-state index is -0.279. The van der Waals surface area contributed by atoms with E-state index < -0.39 is 0 Å². The van der Waals surface area contributed by atoms with Crippen molar-refractivity contribution in [2.24, 2.45) is 0 Å². The number of aromatic hydroxyl groups is 1. The van der Waals surface area contributed by atoms with Crippen LogP contribution in [0.1, 0.15) is 42.2 Å². The Labute approximate surface area is 169 Å². The number of phenols is 1. The highest BCUT2D eigenvalue weighted by Crippen LogP contribution is 2.43. The maximum absolute atomic E-state index is 13.1. The lowest BCUT2D eigenvalue weighted by molar-refractivity contribution is -0.122. The molecule has 0 aromatic heterocycles. The summed E-state index contributed by atoms with van der Waals surface area (Å²) in [6.07, 6.45) is 1.19. The molecule has 0 saturated carbocycles. The molecule has 2 aromatic carbocycles. The molecular formula is C23H23NO5. The molecule has 6 nitrogen and oxygen atoms in total. The molecule has 4 rings (SSSR count). The maximum Gasteiger partial charge on any atom is 0.225 e. The number of Topliss-reactive ketones (excluding diaryl/α,β-unsaturated/α-hetero) is 1. The standard InChI is InChI=1S/C23H23NO5/c1-28-20-8-5-14(11-21(20)29-2)15-9-18-23(19(26)10-15)17(12-22(27)24-18)13-3-6-16(25)7-4-13/h3-8,11,15,17,25H,9-10,12H2,1-2H3,(H,24,27)/t15-,17-/m1/s1. The molecule has 1 heterocycles. The lowest BCUT2D eigenvalue weighted by atomic mass is 9.73. The Morgan fingerprint density at radius 2 is 1.59 bits per heavy atom. The van der Waals surface area contributed by atoms with Gasteiger partial charge in [-0.2, -0.15) is 0 Å². The second-order valence-electron chi connectivity index (χ2n) is 7.43. The Hall–Kier alpha value is -3.28. The number of carbonyl (C=O) groups is 2. The summed E-state index contributed by atoms with van der Waals surface area (Å²) >= 11 is 0. The van der Waals surface area contributed by atoms with Crippen molar-refractivity contribution < 1.29 is 24.2 Å². The minimum absolute atomic E-state index is 0.0417. The first-order valence-corrected chi connectivity index (χ1v) is 9.57. The molecule has 1 aliphatic carbocycles. The maximum atomic E-state index is 13.1. The Balaban J connectivity index is 1.68. The van der Waals surface area contributed by atoms with Crippen LogP contribution in [0.5, 0.6) is 17.2 Å². The van der Waals surface area contributed by atoms with Gasteiger partial charge in [0, 0.05) is 30.0 Å². The number of ether oxygens (including phenoxy) is 2. The summed E-state index contributed by atoms with van der Waals surface area (Å²) in [4.78, 5) is 25.5. The molecular weight excluding hydrogens is 370 g/mol. The van der Waals surface area contributed by atoms with Gasteiger partial charge < -0.3 is 19.9 Å². The van der Waals surface area contributed by atoms with Crippen molar-refractivity contribution in [2.45, 2.75) is 31.1 Å². The van der Waals surface area contributed by atoms with Gasteiger partial charge >= 0.3 is 0 Å². The van der Waals surface area contributed by atoms with Crippen molar-refractivity contribution in [3.8, 4) is 17.2 Å². The normalized spacial score (nSPS) is 21.4. The highest BCUT2D eigenvalue weighted by atomic mass is 16.5. The Kier molecular flexibility index (Phi) is 5.01. The molecule has 29 heavy (non-hydrogen) atoms. The topological polar surface area (TPSA) is 84.9 Å². The third kappa shape index (κ3) is 3.58. The van der Waals surface area contributed by atoms with Crippen LogP contribution in [0.4, 0.5) is 0 Å². The second-order valence-corrected chi connectivity index (χ2v) is 7.43. The second kappa shape index (κ2) is 7.62. The highest BCUT2D eigenvalue weighted by molar-refractivity contribution is 6.02. The summed E-state index contributed by atoms with van der Waals surface area (Å²) in [5.74, 6) is 1.04. The van der Waals surface area contributed by atoms with Gasteiger partial charge in [-0.05, 0) is 47.7 Å². The number of carbonyl (C=O) groups excluding carboxylic acids is 2. The zero-order valence-corrected chi connectivity index (χ0v) is 16.4. The van der Waals surface area contributed by atoms with E-state index in [1.807, 2.05) is 18.2 Å². The van der Waals surface area contributed by atoms with Crippen LogP contribution < -0.4 is 14.8 Å². The number of amides is 1. The average molecular weight is 393 g/mol. The molecule has 150 valence electrons. The van der Waals surface area contributed by atoms with Crippen LogP contribution in [0.15, 0.2) is 53.7 Å². The molecule has 0 unspecified atom stereocenters. The predicted molar refractivity (Wildman–Crippen MR) is 107 cm³/mol. The van der Waals surface area contributed by atoms with Gasteiger partial charge in [0.2, 0.25) is 5.91 Å². The van der Waals surface area contributed by atoms with Gasteiger partial charge in [-0.25, -0.2) is 0 Å². The third-order valence-electron chi connectivity index (χ3n) is 5.71. The van der Waals surface area contributed by atoms with Gasteiger partial charge in [-0.1, -0.05) is 18.2 Å². The summed E-state index contributed by atoms with van der Waals surface area (Å²) in [5.41, 5.74) is 3.23. The number of phenolic OH excluding ortho intramolecular Hbond substituents is 1. The summed E-state index contributed by atoms with van der Waals surface area (Å²) < 4.78 is 10.7. The van der Waals surface area contributed by atoms with E-state index in [4.69, 9.17) is 9.47 Å². The van der Waals surface area contributed by atoms with Crippen molar-refractivity contribution in [1.29, 1.82) is 0 Å².